The van der Waals surface area contributed by atoms with E-state index >= 15 is 0 Å². The van der Waals surface area contributed by atoms with Crippen LogP contribution < -0.4 is 5.32 Å². The summed E-state index contributed by atoms with van der Waals surface area (Å²) in [5.74, 6) is -1.19. The van der Waals surface area contributed by atoms with Gasteiger partial charge < -0.3 is 9.52 Å². The second-order valence-electron chi connectivity index (χ2n) is 3.15. The van der Waals surface area contributed by atoms with Gasteiger partial charge in [0, 0.05) is 5.38 Å². The van der Waals surface area contributed by atoms with Crippen LogP contribution in [0.3, 0.4) is 0 Å². The quantitative estimate of drug-likeness (QED) is 0.862. The first-order valence-electron chi connectivity index (χ1n) is 4.66. The van der Waals surface area contributed by atoms with Crippen LogP contribution in [0.25, 0.3) is 0 Å². The first kappa shape index (κ1) is 11.3. The number of carbonyl (C=O) groups is 2. The number of amides is 1. The van der Waals surface area contributed by atoms with Crippen molar-refractivity contribution in [1.29, 1.82) is 0 Å². The Morgan fingerprint density at radius 3 is 3.00 bits per heavy atom. The predicted octanol–water partition coefficient (Wildman–Crippen LogP) is 1.62. The zero-order valence-corrected chi connectivity index (χ0v) is 9.36. The lowest BCUT2D eigenvalue weighted by Crippen LogP contribution is -2.10. The molecule has 0 aromatic carbocycles. The molecule has 2 N–H and O–H groups in total. The summed E-state index contributed by atoms with van der Waals surface area (Å²) in [5.41, 5.74) is 0.414. The highest BCUT2D eigenvalue weighted by atomic mass is 32.1. The van der Waals surface area contributed by atoms with Crippen molar-refractivity contribution < 1.29 is 19.1 Å². The summed E-state index contributed by atoms with van der Waals surface area (Å²) < 4.78 is 4.91. The minimum absolute atomic E-state index is 0.160. The molecule has 0 saturated carbocycles. The Bertz CT molecular complexity index is 532. The molecule has 17 heavy (non-hydrogen) atoms. The van der Waals surface area contributed by atoms with E-state index in [2.05, 4.69) is 10.3 Å². The summed E-state index contributed by atoms with van der Waals surface area (Å²) in [6.07, 6.45) is 1.24. The first-order valence-corrected chi connectivity index (χ1v) is 5.54. The van der Waals surface area contributed by atoms with Crippen LogP contribution in [0.5, 0.6) is 0 Å². The monoisotopic (exact) mass is 252 g/mol. The molecule has 0 aliphatic heterocycles. The lowest BCUT2D eigenvalue weighted by atomic mass is 10.3. The maximum absolute atomic E-state index is 11.6. The topological polar surface area (TPSA) is 92.4 Å². The average molecular weight is 252 g/mol. The summed E-state index contributed by atoms with van der Waals surface area (Å²) in [4.78, 5) is 26.0. The number of thiazole rings is 1. The van der Waals surface area contributed by atoms with Crippen molar-refractivity contribution in [2.45, 2.75) is 6.42 Å². The van der Waals surface area contributed by atoms with Gasteiger partial charge in [0.25, 0.3) is 5.91 Å². The first-order chi connectivity index (χ1) is 8.15. The molecule has 7 heteroatoms. The molecule has 2 heterocycles. The number of hydrogen-bond acceptors (Lipinski definition) is 5. The molecule has 0 aliphatic rings. The van der Waals surface area contributed by atoms with E-state index in [0.717, 1.165) is 0 Å². The van der Waals surface area contributed by atoms with E-state index in [0.29, 0.717) is 10.8 Å². The Hall–Kier alpha value is -2.15. The summed E-state index contributed by atoms with van der Waals surface area (Å²) >= 11 is 1.17. The minimum atomic E-state index is -0.959. The zero-order chi connectivity index (χ0) is 12.3. The molecule has 2 aromatic heterocycles. The second kappa shape index (κ2) is 4.79. The number of anilines is 1. The van der Waals surface area contributed by atoms with Crippen molar-refractivity contribution in [3.8, 4) is 0 Å². The van der Waals surface area contributed by atoms with Gasteiger partial charge in [-0.25, -0.2) is 4.98 Å². The SMILES string of the molecule is O=C(O)Cc1csc(NC(=O)c2ccco2)n1. The van der Waals surface area contributed by atoms with Gasteiger partial charge in [0.15, 0.2) is 10.9 Å². The van der Waals surface area contributed by atoms with E-state index < -0.39 is 11.9 Å². The maximum Gasteiger partial charge on any atom is 0.309 e. The standard InChI is InChI=1S/C10H8N2O4S/c13-8(14)4-6-5-17-10(11-6)12-9(15)7-2-1-3-16-7/h1-3,5H,4H2,(H,13,14)(H,11,12,15). The molecule has 0 saturated heterocycles. The molecule has 2 rings (SSSR count). The number of nitrogens with zero attached hydrogens (tertiary/aromatic N) is 1. The zero-order valence-electron chi connectivity index (χ0n) is 8.54. The fourth-order valence-corrected chi connectivity index (χ4v) is 1.87. The molecule has 88 valence electrons. The molecular formula is C10H8N2O4S. The Morgan fingerprint density at radius 1 is 1.53 bits per heavy atom. The summed E-state index contributed by atoms with van der Waals surface area (Å²) in [5, 5.41) is 13.0. The minimum Gasteiger partial charge on any atom is -0.481 e. The highest BCUT2D eigenvalue weighted by molar-refractivity contribution is 7.14. The number of hydrogen-bond donors (Lipinski definition) is 2. The highest BCUT2D eigenvalue weighted by Gasteiger charge is 2.12. The molecular weight excluding hydrogens is 244 g/mol. The van der Waals surface area contributed by atoms with Crippen molar-refractivity contribution >= 4 is 28.3 Å². The van der Waals surface area contributed by atoms with Crippen molar-refractivity contribution in [3.05, 3.63) is 35.2 Å². The van der Waals surface area contributed by atoms with Crippen molar-refractivity contribution in [3.63, 3.8) is 0 Å². The summed E-state index contributed by atoms with van der Waals surface area (Å²) in [7, 11) is 0. The predicted molar refractivity (Wildman–Crippen MR) is 60.1 cm³/mol. The number of rotatable bonds is 4. The molecule has 2 aromatic rings. The number of carboxylic acids is 1. The number of aromatic nitrogens is 1. The van der Waals surface area contributed by atoms with Gasteiger partial charge in [0.1, 0.15) is 0 Å². The fraction of sp³-hybridized carbons (Fsp3) is 0.100. The molecule has 0 radical (unpaired) electrons. The smallest absolute Gasteiger partial charge is 0.309 e. The maximum atomic E-state index is 11.6. The molecule has 0 unspecified atom stereocenters. The lowest BCUT2D eigenvalue weighted by molar-refractivity contribution is -0.136. The van der Waals surface area contributed by atoms with Gasteiger partial charge in [-0.05, 0) is 12.1 Å². The molecule has 1 amide bonds. The Balaban J connectivity index is 2.02. The largest absolute Gasteiger partial charge is 0.481 e. The Morgan fingerprint density at radius 2 is 2.35 bits per heavy atom. The van der Waals surface area contributed by atoms with Crippen LogP contribution in [0.15, 0.2) is 28.2 Å². The van der Waals surface area contributed by atoms with Gasteiger partial charge >= 0.3 is 5.97 Å². The third-order valence-corrected chi connectivity index (χ3v) is 2.66. The van der Waals surface area contributed by atoms with E-state index in [1.807, 2.05) is 0 Å². The summed E-state index contributed by atoms with van der Waals surface area (Å²) in [6, 6.07) is 3.13. The number of aliphatic carboxylic acids is 1. The Kier molecular flexibility index (Phi) is 3.20. The van der Waals surface area contributed by atoms with Crippen molar-refractivity contribution in [2.24, 2.45) is 0 Å². The van der Waals surface area contributed by atoms with Gasteiger partial charge in [-0.2, -0.15) is 0 Å². The van der Waals surface area contributed by atoms with E-state index in [-0.39, 0.29) is 12.2 Å². The van der Waals surface area contributed by atoms with Crippen LogP contribution in [0.4, 0.5) is 5.13 Å². The molecule has 6 nitrogen and oxygen atoms in total. The summed E-state index contributed by atoms with van der Waals surface area (Å²) in [6.45, 7) is 0. The van der Waals surface area contributed by atoms with Crippen molar-refractivity contribution in [2.75, 3.05) is 5.32 Å². The van der Waals surface area contributed by atoms with Crippen LogP contribution in [0.2, 0.25) is 0 Å². The molecule has 0 bridgehead atoms. The normalized spacial score (nSPS) is 10.1. The van der Waals surface area contributed by atoms with Crippen LogP contribution in [0, 0.1) is 0 Å². The molecule has 0 spiro atoms. The van der Waals surface area contributed by atoms with E-state index in [9.17, 15) is 9.59 Å². The van der Waals surface area contributed by atoms with Gasteiger partial charge in [-0.3, -0.25) is 14.9 Å². The van der Waals surface area contributed by atoms with Gasteiger partial charge in [-0.1, -0.05) is 0 Å². The number of carboxylic acid groups (broad SMARTS) is 1. The van der Waals surface area contributed by atoms with E-state index in [1.165, 1.54) is 23.7 Å². The van der Waals surface area contributed by atoms with Crippen LogP contribution in [-0.2, 0) is 11.2 Å². The molecule has 0 atom stereocenters. The van der Waals surface area contributed by atoms with Crippen LogP contribution in [-0.4, -0.2) is 22.0 Å². The highest BCUT2D eigenvalue weighted by Crippen LogP contribution is 2.16. The van der Waals surface area contributed by atoms with Gasteiger partial charge in [-0.15, -0.1) is 11.3 Å². The van der Waals surface area contributed by atoms with E-state index in [4.69, 9.17) is 9.52 Å². The van der Waals surface area contributed by atoms with Gasteiger partial charge in [0.05, 0.1) is 18.4 Å². The fourth-order valence-electron chi connectivity index (χ4n) is 1.17. The Labute approximate surface area is 99.9 Å². The second-order valence-corrected chi connectivity index (χ2v) is 4.00. The number of carbonyl (C=O) groups excluding carboxylic acids is 1. The number of furan rings is 1. The van der Waals surface area contributed by atoms with Gasteiger partial charge in [0.2, 0.25) is 0 Å². The third kappa shape index (κ3) is 2.91. The molecule has 0 fully saturated rings. The molecule has 0 aliphatic carbocycles. The van der Waals surface area contributed by atoms with Crippen LogP contribution in [0.1, 0.15) is 16.2 Å². The van der Waals surface area contributed by atoms with Crippen LogP contribution >= 0.6 is 11.3 Å². The average Bonchev–Trinajstić information content (AvgIpc) is 2.87. The number of nitrogens with one attached hydrogen (secondary N) is 1. The lowest BCUT2D eigenvalue weighted by Gasteiger charge is -1.96. The van der Waals surface area contributed by atoms with E-state index in [1.54, 1.807) is 11.4 Å². The third-order valence-electron chi connectivity index (χ3n) is 1.85. The van der Waals surface area contributed by atoms with Crippen molar-refractivity contribution in [1.82, 2.24) is 4.98 Å².